The van der Waals surface area contributed by atoms with Crippen LogP contribution >= 0.6 is 11.3 Å². The molecule has 4 nitrogen and oxygen atoms in total. The molecule has 5 heteroatoms. The molecule has 0 amide bonds. The Hall–Kier alpha value is -1.33. The molecule has 0 saturated heterocycles. The van der Waals surface area contributed by atoms with E-state index in [2.05, 4.69) is 27.2 Å². The first kappa shape index (κ1) is 10.8. The number of aryl methyl sites for hydroxylation is 1. The van der Waals surface area contributed by atoms with Gasteiger partial charge in [-0.1, -0.05) is 0 Å². The molecule has 1 aliphatic carbocycles. The van der Waals surface area contributed by atoms with Crippen LogP contribution in [0.3, 0.4) is 0 Å². The van der Waals surface area contributed by atoms with Crippen molar-refractivity contribution in [2.75, 3.05) is 0 Å². The average Bonchev–Trinajstić information content (AvgIpc) is 3.12. The molecule has 17 heavy (non-hydrogen) atoms. The molecule has 0 unspecified atom stereocenters. The normalized spacial score (nSPS) is 15.1. The third-order valence-corrected chi connectivity index (χ3v) is 4.00. The highest BCUT2D eigenvalue weighted by atomic mass is 32.1. The molecule has 0 radical (unpaired) electrons. The minimum absolute atomic E-state index is 0.735. The van der Waals surface area contributed by atoms with Gasteiger partial charge in [0.2, 0.25) is 0 Å². The van der Waals surface area contributed by atoms with E-state index in [-0.39, 0.29) is 0 Å². The van der Waals surface area contributed by atoms with Crippen LogP contribution in [-0.2, 0) is 6.54 Å². The maximum absolute atomic E-state index is 4.57. The Bertz CT molecular complexity index is 504. The summed E-state index contributed by atoms with van der Waals surface area (Å²) >= 11 is 1.72. The van der Waals surface area contributed by atoms with Crippen molar-refractivity contribution in [2.45, 2.75) is 32.4 Å². The van der Waals surface area contributed by atoms with Crippen LogP contribution < -0.4 is 5.32 Å². The van der Waals surface area contributed by atoms with Crippen LogP contribution in [0.25, 0.3) is 10.7 Å². The SMILES string of the molecule is Cc1nc(-c2ccncn2)sc1CNC1CC1. The fourth-order valence-corrected chi connectivity index (χ4v) is 2.63. The van der Waals surface area contributed by atoms with E-state index in [0.717, 1.165) is 29.0 Å². The summed E-state index contributed by atoms with van der Waals surface area (Å²) in [5.41, 5.74) is 2.02. The second kappa shape index (κ2) is 4.50. The largest absolute Gasteiger partial charge is 0.309 e. The predicted molar refractivity (Wildman–Crippen MR) is 67.7 cm³/mol. The molecular formula is C12H14N4S. The van der Waals surface area contributed by atoms with Crippen molar-refractivity contribution in [3.8, 4) is 10.7 Å². The topological polar surface area (TPSA) is 50.7 Å². The number of hydrogen-bond donors (Lipinski definition) is 1. The fraction of sp³-hybridized carbons (Fsp3) is 0.417. The fourth-order valence-electron chi connectivity index (χ4n) is 1.64. The van der Waals surface area contributed by atoms with Gasteiger partial charge in [-0.25, -0.2) is 15.0 Å². The zero-order valence-electron chi connectivity index (χ0n) is 9.68. The van der Waals surface area contributed by atoms with Crippen molar-refractivity contribution in [1.82, 2.24) is 20.3 Å². The van der Waals surface area contributed by atoms with Crippen LogP contribution in [-0.4, -0.2) is 21.0 Å². The van der Waals surface area contributed by atoms with Crippen LogP contribution in [0.1, 0.15) is 23.4 Å². The predicted octanol–water partition coefficient (Wildman–Crippen LogP) is 2.16. The van der Waals surface area contributed by atoms with E-state index in [9.17, 15) is 0 Å². The van der Waals surface area contributed by atoms with Crippen LogP contribution in [0.2, 0.25) is 0 Å². The molecule has 0 aliphatic heterocycles. The first-order chi connectivity index (χ1) is 8.33. The minimum atomic E-state index is 0.735. The number of aromatic nitrogens is 3. The molecule has 0 aromatic carbocycles. The van der Waals surface area contributed by atoms with E-state index in [4.69, 9.17) is 0 Å². The summed E-state index contributed by atoms with van der Waals surface area (Å²) in [4.78, 5) is 14.0. The summed E-state index contributed by atoms with van der Waals surface area (Å²) < 4.78 is 0. The molecule has 1 fully saturated rings. The molecule has 88 valence electrons. The lowest BCUT2D eigenvalue weighted by molar-refractivity contribution is 0.691. The van der Waals surface area contributed by atoms with Gasteiger partial charge in [-0.15, -0.1) is 11.3 Å². The van der Waals surface area contributed by atoms with Gasteiger partial charge >= 0.3 is 0 Å². The number of nitrogens with zero attached hydrogens (tertiary/aromatic N) is 3. The van der Waals surface area contributed by atoms with Gasteiger partial charge in [0.25, 0.3) is 0 Å². The van der Waals surface area contributed by atoms with E-state index >= 15 is 0 Å². The summed E-state index contributed by atoms with van der Waals surface area (Å²) in [5, 5.41) is 4.50. The number of rotatable bonds is 4. The monoisotopic (exact) mass is 246 g/mol. The van der Waals surface area contributed by atoms with E-state index in [1.807, 2.05) is 6.07 Å². The standard InChI is InChI=1S/C12H14N4S/c1-8-11(6-14-9-2-3-9)17-12(16-8)10-4-5-13-7-15-10/h4-5,7,9,14H,2-3,6H2,1H3. The Balaban J connectivity index is 1.79. The highest BCUT2D eigenvalue weighted by Gasteiger charge is 2.21. The van der Waals surface area contributed by atoms with Crippen molar-refractivity contribution >= 4 is 11.3 Å². The van der Waals surface area contributed by atoms with Crippen molar-refractivity contribution in [1.29, 1.82) is 0 Å². The van der Waals surface area contributed by atoms with E-state index < -0.39 is 0 Å². The smallest absolute Gasteiger partial charge is 0.142 e. The molecule has 0 atom stereocenters. The lowest BCUT2D eigenvalue weighted by atomic mass is 10.4. The Kier molecular flexibility index (Phi) is 2.86. The highest BCUT2D eigenvalue weighted by molar-refractivity contribution is 7.15. The quantitative estimate of drug-likeness (QED) is 0.898. The molecule has 1 saturated carbocycles. The molecule has 2 aromatic rings. The van der Waals surface area contributed by atoms with E-state index in [1.165, 1.54) is 17.7 Å². The molecule has 1 aliphatic rings. The summed E-state index contributed by atoms with van der Waals surface area (Å²) in [6.45, 7) is 2.99. The van der Waals surface area contributed by atoms with E-state index in [0.29, 0.717) is 0 Å². The van der Waals surface area contributed by atoms with Gasteiger partial charge in [0.05, 0.1) is 5.69 Å². The molecule has 2 aromatic heterocycles. The molecule has 0 bridgehead atoms. The highest BCUT2D eigenvalue weighted by Crippen LogP contribution is 2.27. The van der Waals surface area contributed by atoms with Gasteiger partial charge in [-0.2, -0.15) is 0 Å². The van der Waals surface area contributed by atoms with Gasteiger partial charge in [0, 0.05) is 23.7 Å². The molecular weight excluding hydrogens is 232 g/mol. The zero-order valence-corrected chi connectivity index (χ0v) is 10.5. The molecule has 3 rings (SSSR count). The van der Waals surface area contributed by atoms with E-state index in [1.54, 1.807) is 23.9 Å². The Morgan fingerprint density at radius 2 is 2.35 bits per heavy atom. The van der Waals surface area contributed by atoms with Crippen LogP contribution in [0.4, 0.5) is 0 Å². The average molecular weight is 246 g/mol. The van der Waals surface area contributed by atoms with Gasteiger partial charge in [0.15, 0.2) is 0 Å². The summed E-state index contributed by atoms with van der Waals surface area (Å²) in [6, 6.07) is 2.63. The van der Waals surface area contributed by atoms with Gasteiger partial charge in [0.1, 0.15) is 17.0 Å². The van der Waals surface area contributed by atoms with Crippen molar-refractivity contribution in [3.05, 3.63) is 29.2 Å². The van der Waals surface area contributed by atoms with Crippen molar-refractivity contribution in [2.24, 2.45) is 0 Å². The van der Waals surface area contributed by atoms with Crippen LogP contribution in [0.15, 0.2) is 18.6 Å². The van der Waals surface area contributed by atoms with Gasteiger partial charge in [-0.05, 0) is 25.8 Å². The minimum Gasteiger partial charge on any atom is -0.309 e. The summed E-state index contributed by atoms with van der Waals surface area (Å²) in [7, 11) is 0. The second-order valence-corrected chi connectivity index (χ2v) is 5.36. The first-order valence-electron chi connectivity index (χ1n) is 5.79. The van der Waals surface area contributed by atoms with Crippen LogP contribution in [0.5, 0.6) is 0 Å². The van der Waals surface area contributed by atoms with Gasteiger partial charge in [-0.3, -0.25) is 0 Å². The molecule has 1 N–H and O–H groups in total. The first-order valence-corrected chi connectivity index (χ1v) is 6.60. The maximum atomic E-state index is 4.57. The molecule has 0 spiro atoms. The summed E-state index contributed by atoms with van der Waals surface area (Å²) in [6.07, 6.45) is 5.95. The van der Waals surface area contributed by atoms with Crippen molar-refractivity contribution in [3.63, 3.8) is 0 Å². The third kappa shape index (κ3) is 2.50. The Labute approximate surface area is 104 Å². The second-order valence-electron chi connectivity index (χ2n) is 4.28. The maximum Gasteiger partial charge on any atom is 0.142 e. The third-order valence-electron chi connectivity index (χ3n) is 2.82. The number of nitrogens with one attached hydrogen (secondary N) is 1. The number of hydrogen-bond acceptors (Lipinski definition) is 5. The number of thiazole rings is 1. The molecule has 2 heterocycles. The summed E-state index contributed by atoms with van der Waals surface area (Å²) in [5.74, 6) is 0. The van der Waals surface area contributed by atoms with Gasteiger partial charge < -0.3 is 5.32 Å². The lowest BCUT2D eigenvalue weighted by Gasteiger charge is -1.99. The van der Waals surface area contributed by atoms with Crippen molar-refractivity contribution < 1.29 is 0 Å². The van der Waals surface area contributed by atoms with Crippen LogP contribution in [0, 0.1) is 6.92 Å². The zero-order chi connectivity index (χ0) is 11.7. The Morgan fingerprint density at radius 1 is 1.47 bits per heavy atom. The Morgan fingerprint density at radius 3 is 3.06 bits per heavy atom. The lowest BCUT2D eigenvalue weighted by Crippen LogP contribution is -2.14.